The van der Waals surface area contributed by atoms with Crippen LogP contribution in [0, 0.1) is 0 Å². The maximum absolute atomic E-state index is 12.2. The molecular weight excluding hydrogens is 224 g/mol. The van der Waals surface area contributed by atoms with E-state index in [9.17, 15) is 4.79 Å². The van der Waals surface area contributed by atoms with Crippen LogP contribution in [0.25, 0.3) is 0 Å². The second kappa shape index (κ2) is 5.89. The molecule has 0 aromatic heterocycles. The molecule has 18 heavy (non-hydrogen) atoms. The minimum atomic E-state index is 0.201. The fraction of sp³-hybridized carbons (Fsp3) is 0.533. The molecule has 1 heterocycles. The summed E-state index contributed by atoms with van der Waals surface area (Å²) in [6.07, 6.45) is 2.03. The van der Waals surface area contributed by atoms with Crippen LogP contribution in [0.2, 0.25) is 0 Å². The maximum Gasteiger partial charge on any atom is 0.320 e. The first-order valence-electron chi connectivity index (χ1n) is 6.78. The van der Waals surface area contributed by atoms with E-state index in [1.807, 2.05) is 28.0 Å². The van der Waals surface area contributed by atoms with Gasteiger partial charge in [0, 0.05) is 25.7 Å². The Hall–Kier alpha value is -1.51. The van der Waals surface area contributed by atoms with Crippen molar-refractivity contribution in [3.63, 3.8) is 0 Å². The molecule has 0 saturated carbocycles. The molecule has 1 aromatic rings. The Morgan fingerprint density at radius 2 is 1.89 bits per heavy atom. The third kappa shape index (κ3) is 3.03. The molecule has 1 aromatic carbocycles. The van der Waals surface area contributed by atoms with Crippen LogP contribution < -0.4 is 0 Å². The van der Waals surface area contributed by atoms with E-state index in [4.69, 9.17) is 0 Å². The molecule has 0 atom stereocenters. The van der Waals surface area contributed by atoms with E-state index < -0.39 is 0 Å². The largest absolute Gasteiger partial charge is 0.324 e. The van der Waals surface area contributed by atoms with Crippen LogP contribution in [0.3, 0.4) is 0 Å². The zero-order chi connectivity index (χ0) is 13.0. The van der Waals surface area contributed by atoms with Crippen molar-refractivity contribution < 1.29 is 4.79 Å². The van der Waals surface area contributed by atoms with Gasteiger partial charge in [-0.25, -0.2) is 4.79 Å². The number of benzene rings is 1. The molecule has 3 nitrogen and oxygen atoms in total. The van der Waals surface area contributed by atoms with Gasteiger partial charge in [-0.2, -0.15) is 0 Å². The molecule has 3 heteroatoms. The van der Waals surface area contributed by atoms with Crippen LogP contribution in [-0.4, -0.2) is 41.5 Å². The molecule has 0 unspecified atom stereocenters. The summed E-state index contributed by atoms with van der Waals surface area (Å²) < 4.78 is 0. The van der Waals surface area contributed by atoms with Crippen molar-refractivity contribution in [2.75, 3.05) is 19.6 Å². The minimum Gasteiger partial charge on any atom is -0.324 e. The SMILES string of the molecule is CC(C)N1CCCN(CCc2ccccc2)C1=O. The molecule has 1 aliphatic heterocycles. The fourth-order valence-corrected chi connectivity index (χ4v) is 2.40. The van der Waals surface area contributed by atoms with Crippen LogP contribution >= 0.6 is 0 Å². The third-order valence-electron chi connectivity index (χ3n) is 3.48. The fourth-order valence-electron chi connectivity index (χ4n) is 2.40. The molecule has 2 rings (SSSR count). The molecule has 0 N–H and O–H groups in total. The predicted octanol–water partition coefficient (Wildman–Crippen LogP) is 2.77. The Morgan fingerprint density at radius 3 is 2.56 bits per heavy atom. The van der Waals surface area contributed by atoms with Crippen LogP contribution in [0.15, 0.2) is 30.3 Å². The molecular formula is C15H22N2O. The van der Waals surface area contributed by atoms with Crippen molar-refractivity contribution >= 4 is 6.03 Å². The number of urea groups is 1. The highest BCUT2D eigenvalue weighted by Gasteiger charge is 2.26. The quantitative estimate of drug-likeness (QED) is 0.801. The van der Waals surface area contributed by atoms with Gasteiger partial charge in [0.2, 0.25) is 0 Å². The summed E-state index contributed by atoms with van der Waals surface area (Å²) in [5.74, 6) is 0. The van der Waals surface area contributed by atoms with Crippen molar-refractivity contribution in [3.8, 4) is 0 Å². The van der Waals surface area contributed by atoms with Crippen LogP contribution in [0.4, 0.5) is 4.79 Å². The number of carbonyl (C=O) groups excluding carboxylic acids is 1. The minimum absolute atomic E-state index is 0.201. The highest BCUT2D eigenvalue weighted by Crippen LogP contribution is 2.13. The Morgan fingerprint density at radius 1 is 1.17 bits per heavy atom. The Kier molecular flexibility index (Phi) is 4.24. The van der Waals surface area contributed by atoms with Crippen molar-refractivity contribution in [1.29, 1.82) is 0 Å². The van der Waals surface area contributed by atoms with Gasteiger partial charge in [0.05, 0.1) is 0 Å². The van der Waals surface area contributed by atoms with Gasteiger partial charge in [-0.15, -0.1) is 0 Å². The van der Waals surface area contributed by atoms with Gasteiger partial charge in [0.1, 0.15) is 0 Å². The van der Waals surface area contributed by atoms with Gasteiger partial charge < -0.3 is 9.80 Å². The second-order valence-electron chi connectivity index (χ2n) is 5.15. The molecule has 2 amide bonds. The number of hydrogen-bond acceptors (Lipinski definition) is 1. The lowest BCUT2D eigenvalue weighted by Crippen LogP contribution is -2.52. The summed E-state index contributed by atoms with van der Waals surface area (Å²) in [6, 6.07) is 10.9. The monoisotopic (exact) mass is 246 g/mol. The molecule has 98 valence electrons. The lowest BCUT2D eigenvalue weighted by Gasteiger charge is -2.38. The molecule has 1 aliphatic rings. The van der Waals surface area contributed by atoms with Crippen molar-refractivity contribution in [2.45, 2.75) is 32.7 Å². The van der Waals surface area contributed by atoms with Gasteiger partial charge in [-0.05, 0) is 32.3 Å². The van der Waals surface area contributed by atoms with Gasteiger partial charge in [-0.1, -0.05) is 30.3 Å². The average Bonchev–Trinajstić information content (AvgIpc) is 2.38. The summed E-state index contributed by atoms with van der Waals surface area (Å²) in [7, 11) is 0. The lowest BCUT2D eigenvalue weighted by atomic mass is 10.1. The first-order chi connectivity index (χ1) is 8.68. The lowest BCUT2D eigenvalue weighted by molar-refractivity contribution is 0.116. The number of hydrogen-bond donors (Lipinski definition) is 0. The highest BCUT2D eigenvalue weighted by atomic mass is 16.2. The molecule has 1 fully saturated rings. The van der Waals surface area contributed by atoms with E-state index in [-0.39, 0.29) is 6.03 Å². The van der Waals surface area contributed by atoms with Crippen molar-refractivity contribution in [1.82, 2.24) is 9.80 Å². The van der Waals surface area contributed by atoms with E-state index in [1.54, 1.807) is 0 Å². The third-order valence-corrected chi connectivity index (χ3v) is 3.48. The molecule has 0 radical (unpaired) electrons. The summed E-state index contributed by atoms with van der Waals surface area (Å²) in [4.78, 5) is 16.2. The zero-order valence-electron chi connectivity index (χ0n) is 11.3. The van der Waals surface area contributed by atoms with E-state index in [0.29, 0.717) is 6.04 Å². The van der Waals surface area contributed by atoms with E-state index in [0.717, 1.165) is 32.5 Å². The predicted molar refractivity (Wildman–Crippen MR) is 73.6 cm³/mol. The van der Waals surface area contributed by atoms with E-state index in [1.165, 1.54) is 5.56 Å². The van der Waals surface area contributed by atoms with E-state index >= 15 is 0 Å². The van der Waals surface area contributed by atoms with Crippen LogP contribution in [0.5, 0.6) is 0 Å². The first kappa shape index (κ1) is 12.9. The normalized spacial score (nSPS) is 16.5. The Bertz CT molecular complexity index is 389. The first-order valence-corrected chi connectivity index (χ1v) is 6.78. The van der Waals surface area contributed by atoms with Gasteiger partial charge in [0.25, 0.3) is 0 Å². The van der Waals surface area contributed by atoms with Gasteiger partial charge >= 0.3 is 6.03 Å². The number of amides is 2. The van der Waals surface area contributed by atoms with Crippen LogP contribution in [0.1, 0.15) is 25.8 Å². The number of rotatable bonds is 4. The maximum atomic E-state index is 12.2. The zero-order valence-corrected chi connectivity index (χ0v) is 11.3. The number of carbonyl (C=O) groups is 1. The second-order valence-corrected chi connectivity index (χ2v) is 5.15. The van der Waals surface area contributed by atoms with Crippen LogP contribution in [-0.2, 0) is 6.42 Å². The Labute approximate surface area is 109 Å². The highest BCUT2D eigenvalue weighted by molar-refractivity contribution is 5.75. The molecule has 0 spiro atoms. The Balaban J connectivity index is 1.91. The van der Waals surface area contributed by atoms with Crippen molar-refractivity contribution in [3.05, 3.63) is 35.9 Å². The summed E-state index contributed by atoms with van der Waals surface area (Å²) >= 11 is 0. The smallest absolute Gasteiger partial charge is 0.320 e. The topological polar surface area (TPSA) is 23.6 Å². The molecule has 1 saturated heterocycles. The standard InChI is InChI=1S/C15H22N2O/c1-13(2)17-11-6-10-16(15(17)18)12-9-14-7-4-3-5-8-14/h3-5,7-8,13H,6,9-12H2,1-2H3. The molecule has 0 bridgehead atoms. The summed E-state index contributed by atoms with van der Waals surface area (Å²) in [5, 5.41) is 0. The van der Waals surface area contributed by atoms with Gasteiger partial charge in [0.15, 0.2) is 0 Å². The van der Waals surface area contributed by atoms with E-state index in [2.05, 4.69) is 26.0 Å². The van der Waals surface area contributed by atoms with Crippen molar-refractivity contribution in [2.24, 2.45) is 0 Å². The average molecular weight is 246 g/mol. The summed E-state index contributed by atoms with van der Waals surface area (Å²) in [6.45, 7) is 6.79. The number of nitrogens with zero attached hydrogens (tertiary/aromatic N) is 2. The van der Waals surface area contributed by atoms with Gasteiger partial charge in [-0.3, -0.25) is 0 Å². The summed E-state index contributed by atoms with van der Waals surface area (Å²) in [5.41, 5.74) is 1.30. The molecule has 0 aliphatic carbocycles.